The predicted octanol–water partition coefficient (Wildman–Crippen LogP) is 14.9. The first kappa shape index (κ1) is 33.6. The van der Waals surface area contributed by atoms with Crippen LogP contribution >= 0.6 is 0 Å². The van der Waals surface area contributed by atoms with Gasteiger partial charge in [0, 0.05) is 0 Å². The van der Waals surface area contributed by atoms with Crippen LogP contribution in [0, 0.1) is 0 Å². The highest BCUT2D eigenvalue weighted by atomic mass is 14.1. The summed E-state index contributed by atoms with van der Waals surface area (Å²) in [5, 5.41) is 10.5. The molecule has 7 aromatic carbocycles. The first-order chi connectivity index (χ1) is 24.6. The average Bonchev–Trinajstić information content (AvgIpc) is 3.15. The van der Waals surface area contributed by atoms with Gasteiger partial charge in [0.05, 0.1) is 0 Å². The minimum atomic E-state index is 1.18. The van der Waals surface area contributed by atoms with Crippen molar-refractivity contribution in [1.82, 2.24) is 0 Å². The van der Waals surface area contributed by atoms with E-state index in [1.54, 1.807) is 0 Å². The zero-order valence-electron chi connectivity index (χ0n) is 29.9. The number of hydrogen-bond acceptors (Lipinski definition) is 0. The summed E-state index contributed by atoms with van der Waals surface area (Å²) in [6.45, 7) is 4.55. The molecule has 0 atom stereocenters. The smallest absolute Gasteiger partial charge is 0.0172 e. The van der Waals surface area contributed by atoms with Gasteiger partial charge in [-0.2, -0.15) is 0 Å². The second-order valence-electron chi connectivity index (χ2n) is 14.2. The van der Waals surface area contributed by atoms with Crippen LogP contribution in [-0.4, -0.2) is 0 Å². The van der Waals surface area contributed by atoms with Gasteiger partial charge in [0.2, 0.25) is 0 Å². The summed E-state index contributed by atoms with van der Waals surface area (Å²) in [5.74, 6) is 0. The number of aryl methyl sites for hydroxylation is 2. The number of hydrogen-bond donors (Lipinski definition) is 0. The van der Waals surface area contributed by atoms with Gasteiger partial charge in [-0.05, 0) is 139 Å². The summed E-state index contributed by atoms with van der Waals surface area (Å²) in [7, 11) is 0. The first-order valence-electron chi connectivity index (χ1n) is 19.0. The summed E-state index contributed by atoms with van der Waals surface area (Å²) in [6.07, 6.45) is 21.7. The van der Waals surface area contributed by atoms with E-state index in [0.717, 1.165) is 0 Å². The Balaban J connectivity index is 0.991. The molecule has 0 heterocycles. The van der Waals surface area contributed by atoms with E-state index in [0.29, 0.717) is 0 Å². The highest BCUT2D eigenvalue weighted by molar-refractivity contribution is 6.00. The van der Waals surface area contributed by atoms with E-state index in [4.69, 9.17) is 0 Å². The predicted molar refractivity (Wildman–Crippen MR) is 223 cm³/mol. The summed E-state index contributed by atoms with van der Waals surface area (Å²) < 4.78 is 0. The Hall–Kier alpha value is -4.94. The molecule has 0 aliphatic rings. The normalized spacial score (nSPS) is 12.0. The van der Waals surface area contributed by atoms with Crippen LogP contribution in [0.25, 0.3) is 67.4 Å². The summed E-state index contributed by atoms with van der Waals surface area (Å²) in [6, 6.07) is 45.8. The molecule has 0 spiro atoms. The van der Waals surface area contributed by atoms with Gasteiger partial charge in [0.25, 0.3) is 0 Å². The van der Waals surface area contributed by atoms with E-state index >= 15 is 0 Å². The Bertz CT molecular complexity index is 2120. The van der Waals surface area contributed by atoms with E-state index in [9.17, 15) is 0 Å². The maximum absolute atomic E-state index is 2.39. The highest BCUT2D eigenvalue weighted by Crippen LogP contribution is 2.28. The molecule has 0 radical (unpaired) electrons. The average molecular weight is 651 g/mol. The molecule has 0 aromatic heterocycles. The van der Waals surface area contributed by atoms with Crippen LogP contribution in [-0.2, 0) is 12.8 Å². The lowest BCUT2D eigenvalue weighted by molar-refractivity contribution is 0.667. The zero-order valence-corrected chi connectivity index (χ0v) is 29.9. The van der Waals surface area contributed by atoms with Crippen molar-refractivity contribution in [1.29, 1.82) is 0 Å². The Morgan fingerprint density at radius 2 is 0.640 bits per heavy atom. The van der Waals surface area contributed by atoms with E-state index < -0.39 is 0 Å². The molecule has 0 fully saturated rings. The van der Waals surface area contributed by atoms with E-state index in [1.165, 1.54) is 141 Å². The largest absolute Gasteiger partial charge is 0.0654 e. The molecule has 0 saturated carbocycles. The van der Waals surface area contributed by atoms with Crippen molar-refractivity contribution in [3.05, 3.63) is 155 Å². The molecule has 50 heavy (non-hydrogen) atoms. The van der Waals surface area contributed by atoms with Crippen LogP contribution in [0.1, 0.15) is 98.6 Å². The molecule has 0 amide bonds. The second-order valence-corrected chi connectivity index (χ2v) is 14.2. The Morgan fingerprint density at radius 3 is 1.04 bits per heavy atom. The van der Waals surface area contributed by atoms with Crippen LogP contribution in [0.2, 0.25) is 0 Å². The minimum Gasteiger partial charge on any atom is -0.0654 e. The van der Waals surface area contributed by atoms with Crippen LogP contribution < -0.4 is 0 Å². The Morgan fingerprint density at radius 1 is 0.300 bits per heavy atom. The summed E-state index contributed by atoms with van der Waals surface area (Å²) in [4.78, 5) is 0. The third kappa shape index (κ3) is 8.43. The molecule has 0 aliphatic heterocycles. The molecule has 0 heteroatoms. The van der Waals surface area contributed by atoms with Gasteiger partial charge >= 0.3 is 0 Å². The topological polar surface area (TPSA) is 0 Å². The fourth-order valence-corrected chi connectivity index (χ4v) is 7.26. The van der Waals surface area contributed by atoms with E-state index in [1.807, 2.05) is 0 Å². The number of rotatable bonds is 14. The lowest BCUT2D eigenvalue weighted by atomic mass is 9.98. The lowest BCUT2D eigenvalue weighted by Crippen LogP contribution is -1.87. The van der Waals surface area contributed by atoms with Gasteiger partial charge in [-0.25, -0.2) is 0 Å². The molecule has 0 nitrogen and oxygen atoms in total. The minimum absolute atomic E-state index is 1.18. The Labute approximate surface area is 299 Å². The van der Waals surface area contributed by atoms with Crippen molar-refractivity contribution in [3.8, 4) is 0 Å². The SMILES string of the molecule is CCCCCCc1ccc2cc3cc(C=Cc4ccc(C=Cc5ccc6cc7cc(CCCCCC)ccc7cc6c5)cc4)ccc3cc2c1. The number of unbranched alkanes of at least 4 members (excludes halogenated alkanes) is 6. The molecular weight excluding hydrogens is 601 g/mol. The van der Waals surface area contributed by atoms with Crippen molar-refractivity contribution < 1.29 is 0 Å². The van der Waals surface area contributed by atoms with Gasteiger partial charge in [-0.3, -0.25) is 0 Å². The van der Waals surface area contributed by atoms with Crippen molar-refractivity contribution in [2.75, 3.05) is 0 Å². The van der Waals surface area contributed by atoms with Crippen molar-refractivity contribution in [2.24, 2.45) is 0 Å². The maximum atomic E-state index is 2.39. The summed E-state index contributed by atoms with van der Waals surface area (Å²) in [5.41, 5.74) is 7.76. The molecule has 250 valence electrons. The molecule has 0 bridgehead atoms. The van der Waals surface area contributed by atoms with Gasteiger partial charge in [0.1, 0.15) is 0 Å². The standard InChI is InChI=1S/C50H50/c1-3-5-7-9-11-39-21-25-43-35-49-31-41(23-27-45(49)33-47(43)29-39)19-17-37-13-15-38(16-14-37)18-20-42-24-28-46-34-48-30-40(12-10-8-6-4-2)22-26-44(48)36-50(46)32-42/h13-36H,3-12H2,1-2H3. The number of fused-ring (bicyclic) bond motifs is 4. The van der Waals surface area contributed by atoms with E-state index in [2.05, 4.69) is 159 Å². The van der Waals surface area contributed by atoms with Crippen LogP contribution in [0.15, 0.2) is 121 Å². The molecule has 0 N–H and O–H groups in total. The van der Waals surface area contributed by atoms with Gasteiger partial charge < -0.3 is 0 Å². The van der Waals surface area contributed by atoms with Crippen LogP contribution in [0.4, 0.5) is 0 Å². The van der Waals surface area contributed by atoms with Gasteiger partial charge in [-0.15, -0.1) is 0 Å². The molecular formula is C50H50. The quantitative estimate of drug-likeness (QED) is 0.0624. The molecule has 7 rings (SSSR count). The van der Waals surface area contributed by atoms with Crippen LogP contribution in [0.3, 0.4) is 0 Å². The third-order valence-electron chi connectivity index (χ3n) is 10.3. The fraction of sp³-hybridized carbons (Fsp3) is 0.240. The molecule has 0 saturated heterocycles. The van der Waals surface area contributed by atoms with Crippen LogP contribution in [0.5, 0.6) is 0 Å². The zero-order chi connectivity index (χ0) is 34.1. The molecule has 0 aliphatic carbocycles. The van der Waals surface area contributed by atoms with Gasteiger partial charge in [-0.1, -0.05) is 162 Å². The van der Waals surface area contributed by atoms with E-state index in [-0.39, 0.29) is 0 Å². The highest BCUT2D eigenvalue weighted by Gasteiger charge is 2.04. The first-order valence-corrected chi connectivity index (χ1v) is 19.0. The van der Waals surface area contributed by atoms with Crippen molar-refractivity contribution >= 4 is 67.4 Å². The molecule has 0 unspecified atom stereocenters. The van der Waals surface area contributed by atoms with Crippen molar-refractivity contribution in [3.63, 3.8) is 0 Å². The maximum Gasteiger partial charge on any atom is -0.0172 e. The third-order valence-corrected chi connectivity index (χ3v) is 10.3. The monoisotopic (exact) mass is 650 g/mol. The molecule has 7 aromatic rings. The lowest BCUT2D eigenvalue weighted by Gasteiger charge is -2.07. The van der Waals surface area contributed by atoms with Crippen molar-refractivity contribution in [2.45, 2.75) is 78.1 Å². The summed E-state index contributed by atoms with van der Waals surface area (Å²) >= 11 is 0. The fourth-order valence-electron chi connectivity index (χ4n) is 7.26. The van der Waals surface area contributed by atoms with Gasteiger partial charge in [0.15, 0.2) is 0 Å². The number of benzene rings is 7. The Kier molecular flexibility index (Phi) is 10.9. The second kappa shape index (κ2) is 16.2.